The molecule has 1 fully saturated rings. The summed E-state index contributed by atoms with van der Waals surface area (Å²) in [5.74, 6) is -0.170. The lowest BCUT2D eigenvalue weighted by molar-refractivity contribution is -0.0216. The first kappa shape index (κ1) is 26.4. The van der Waals surface area contributed by atoms with Gasteiger partial charge in [-0.15, -0.1) is 0 Å². The van der Waals surface area contributed by atoms with Crippen molar-refractivity contribution in [3.63, 3.8) is 0 Å². The number of piperazine rings is 1. The van der Waals surface area contributed by atoms with Gasteiger partial charge >= 0.3 is 6.09 Å². The third kappa shape index (κ3) is 7.38. The summed E-state index contributed by atoms with van der Waals surface area (Å²) in [5.41, 5.74) is 4.10. The highest BCUT2D eigenvalue weighted by atomic mass is 35.5. The predicted octanol–water partition coefficient (Wildman–Crippen LogP) is 3.85. The second-order valence-electron chi connectivity index (χ2n) is 9.06. The minimum Gasteiger partial charge on any atom is -0.444 e. The zero-order valence-electron chi connectivity index (χ0n) is 19.4. The molecule has 2 atom stereocenters. The highest BCUT2D eigenvalue weighted by molar-refractivity contribution is 7.88. The fourth-order valence-electron chi connectivity index (χ4n) is 3.64. The summed E-state index contributed by atoms with van der Waals surface area (Å²) in [6, 6.07) is 15.5. The van der Waals surface area contributed by atoms with Crippen LogP contribution >= 0.6 is 11.8 Å². The molecule has 11 heteroatoms. The number of carbonyl (C=O) groups is 1. The van der Waals surface area contributed by atoms with Gasteiger partial charge in [-0.05, 0) is 49.2 Å². The van der Waals surface area contributed by atoms with Crippen molar-refractivity contribution in [1.82, 2.24) is 19.6 Å². The fourth-order valence-corrected chi connectivity index (χ4v) is 4.82. The second-order valence-corrected chi connectivity index (χ2v) is 11.2. The van der Waals surface area contributed by atoms with Crippen LogP contribution in [0.2, 0.25) is 0 Å². The number of carbonyl (C=O) groups excluding carboxylic acids is 1. The summed E-state index contributed by atoms with van der Waals surface area (Å²) in [5, 5.41) is 0. The average Bonchev–Trinajstić information content (AvgIpc) is 2.75. The van der Waals surface area contributed by atoms with E-state index in [0.717, 1.165) is 9.98 Å². The Balaban J connectivity index is 1.75. The van der Waals surface area contributed by atoms with Crippen LogP contribution in [-0.4, -0.2) is 48.8 Å². The first-order chi connectivity index (χ1) is 16.0. The molecule has 0 spiro atoms. The summed E-state index contributed by atoms with van der Waals surface area (Å²) in [6.07, 6.45) is -2.18. The van der Waals surface area contributed by atoms with Crippen LogP contribution in [0.5, 0.6) is 0 Å². The van der Waals surface area contributed by atoms with E-state index in [2.05, 4.69) is 10.3 Å². The van der Waals surface area contributed by atoms with Gasteiger partial charge in [0.1, 0.15) is 5.60 Å². The molecule has 2 aromatic carbocycles. The number of benzene rings is 2. The van der Waals surface area contributed by atoms with Crippen LogP contribution < -0.4 is 10.3 Å². The van der Waals surface area contributed by atoms with Gasteiger partial charge in [-0.1, -0.05) is 54.6 Å². The molecule has 34 heavy (non-hydrogen) atoms. The normalized spacial score (nSPS) is 19.7. The number of ether oxygens (including phenoxy) is 1. The molecule has 1 aliphatic heterocycles. The molecule has 1 aliphatic rings. The Bertz CT molecular complexity index is 1080. The van der Waals surface area contributed by atoms with E-state index < -0.39 is 34.1 Å². The number of nitrogens with zero attached hydrogens (tertiary/aromatic N) is 2. The Morgan fingerprint density at radius 2 is 1.76 bits per heavy atom. The number of hydrazine groups is 1. The smallest absolute Gasteiger partial charge is 0.410 e. The van der Waals surface area contributed by atoms with Crippen molar-refractivity contribution in [2.45, 2.75) is 51.0 Å². The number of sulfonamides is 1. The van der Waals surface area contributed by atoms with Gasteiger partial charge in [-0.3, -0.25) is 4.90 Å². The lowest BCUT2D eigenvalue weighted by atomic mass is 9.97. The molecule has 1 saturated heterocycles. The summed E-state index contributed by atoms with van der Waals surface area (Å²) in [6.45, 7) is 5.15. The van der Waals surface area contributed by atoms with Crippen LogP contribution in [0.25, 0.3) is 0 Å². The summed E-state index contributed by atoms with van der Waals surface area (Å²) >= 11 is 6.08. The van der Waals surface area contributed by atoms with E-state index in [0.29, 0.717) is 11.1 Å². The minimum absolute atomic E-state index is 0.0404. The minimum atomic E-state index is -3.63. The maximum absolute atomic E-state index is 14.4. The first-order valence-corrected chi connectivity index (χ1v) is 12.8. The number of halogens is 2. The molecule has 0 aliphatic carbocycles. The van der Waals surface area contributed by atoms with E-state index in [1.807, 2.05) is 6.07 Å². The van der Waals surface area contributed by atoms with Gasteiger partial charge < -0.3 is 4.74 Å². The van der Waals surface area contributed by atoms with Crippen molar-refractivity contribution >= 4 is 27.9 Å². The van der Waals surface area contributed by atoms with Crippen LogP contribution in [0.4, 0.5) is 9.18 Å². The number of hydrogen-bond acceptors (Lipinski definition) is 6. The number of alkyl halides is 1. The standard InChI is InChI=1S/C23H30ClFN4O4S/c1-23(2,3)33-22(30)28-15-21(25)29(24)14-20(28)19-12-8-7-11-18(19)13-26-27-34(31,32)16-17-9-5-4-6-10-17/h4-12,20-21,26-27H,13-16H2,1-3H3. The molecule has 0 radical (unpaired) electrons. The topological polar surface area (TPSA) is 91.0 Å². The van der Waals surface area contributed by atoms with E-state index >= 15 is 0 Å². The average molecular weight is 513 g/mol. The fraction of sp³-hybridized carbons (Fsp3) is 0.435. The number of hydrogen-bond donors (Lipinski definition) is 2. The monoisotopic (exact) mass is 512 g/mol. The Kier molecular flexibility index (Phi) is 8.53. The van der Waals surface area contributed by atoms with E-state index in [4.69, 9.17) is 16.5 Å². The van der Waals surface area contributed by atoms with Gasteiger partial charge in [0.25, 0.3) is 0 Å². The molecule has 2 aromatic rings. The van der Waals surface area contributed by atoms with Crippen LogP contribution in [0.1, 0.15) is 43.5 Å². The zero-order valence-corrected chi connectivity index (χ0v) is 20.9. The number of nitrogens with one attached hydrogen (secondary N) is 2. The third-order valence-electron chi connectivity index (χ3n) is 5.12. The molecular weight excluding hydrogens is 483 g/mol. The molecule has 3 rings (SSSR count). The Hall–Kier alpha value is -2.24. The van der Waals surface area contributed by atoms with Crippen molar-refractivity contribution in [2.75, 3.05) is 13.1 Å². The van der Waals surface area contributed by atoms with Crippen molar-refractivity contribution in [3.05, 3.63) is 71.3 Å². The number of rotatable bonds is 7. The van der Waals surface area contributed by atoms with Crippen molar-refractivity contribution in [2.24, 2.45) is 0 Å². The van der Waals surface area contributed by atoms with E-state index in [9.17, 15) is 17.6 Å². The third-order valence-corrected chi connectivity index (χ3v) is 6.64. The molecule has 1 amide bonds. The lowest BCUT2D eigenvalue weighted by Gasteiger charge is -2.41. The molecule has 2 N–H and O–H groups in total. The van der Waals surface area contributed by atoms with Gasteiger partial charge in [0, 0.05) is 13.1 Å². The molecular formula is C23H30ClFN4O4S. The predicted molar refractivity (Wildman–Crippen MR) is 129 cm³/mol. The quantitative estimate of drug-likeness (QED) is 0.332. The highest BCUT2D eigenvalue weighted by Gasteiger charge is 2.39. The molecule has 1 heterocycles. The highest BCUT2D eigenvalue weighted by Crippen LogP contribution is 2.32. The second kappa shape index (κ2) is 11.0. The van der Waals surface area contributed by atoms with Gasteiger partial charge in [-0.2, -0.15) is 9.25 Å². The van der Waals surface area contributed by atoms with Crippen molar-refractivity contribution < 1.29 is 22.3 Å². The molecule has 8 nitrogen and oxygen atoms in total. The Morgan fingerprint density at radius 3 is 2.44 bits per heavy atom. The summed E-state index contributed by atoms with van der Waals surface area (Å²) in [4.78, 5) is 16.6. The van der Waals surface area contributed by atoms with E-state index in [-0.39, 0.29) is 25.4 Å². The van der Waals surface area contributed by atoms with Crippen LogP contribution in [0.3, 0.4) is 0 Å². The largest absolute Gasteiger partial charge is 0.444 e. The Labute approximate surface area is 205 Å². The van der Waals surface area contributed by atoms with Gasteiger partial charge in [-0.25, -0.2) is 23.0 Å². The Morgan fingerprint density at radius 1 is 1.12 bits per heavy atom. The van der Waals surface area contributed by atoms with Crippen LogP contribution in [0.15, 0.2) is 54.6 Å². The van der Waals surface area contributed by atoms with Crippen LogP contribution in [-0.2, 0) is 27.1 Å². The maximum Gasteiger partial charge on any atom is 0.410 e. The molecule has 0 bridgehead atoms. The number of amides is 1. The molecule has 2 unspecified atom stereocenters. The lowest BCUT2D eigenvalue weighted by Crippen LogP contribution is -2.53. The van der Waals surface area contributed by atoms with Crippen LogP contribution in [0, 0.1) is 0 Å². The van der Waals surface area contributed by atoms with Gasteiger partial charge in [0.05, 0.1) is 18.3 Å². The van der Waals surface area contributed by atoms with Gasteiger partial charge in [0.2, 0.25) is 10.0 Å². The van der Waals surface area contributed by atoms with E-state index in [1.54, 1.807) is 69.3 Å². The first-order valence-electron chi connectivity index (χ1n) is 10.9. The zero-order chi connectivity index (χ0) is 24.9. The van der Waals surface area contributed by atoms with Crippen molar-refractivity contribution in [1.29, 1.82) is 0 Å². The van der Waals surface area contributed by atoms with Gasteiger partial charge in [0.15, 0.2) is 6.30 Å². The maximum atomic E-state index is 14.4. The van der Waals surface area contributed by atoms with Crippen molar-refractivity contribution in [3.8, 4) is 0 Å². The van der Waals surface area contributed by atoms with E-state index in [1.165, 1.54) is 4.90 Å². The summed E-state index contributed by atoms with van der Waals surface area (Å²) in [7, 11) is -3.63. The molecule has 186 valence electrons. The molecule has 0 aromatic heterocycles. The summed E-state index contributed by atoms with van der Waals surface area (Å²) < 4.78 is 45.7. The molecule has 0 saturated carbocycles. The SMILES string of the molecule is CC(C)(C)OC(=O)N1CC(F)N(Cl)CC1c1ccccc1CNNS(=O)(=O)Cc1ccccc1.